The van der Waals surface area contributed by atoms with Gasteiger partial charge in [0.05, 0.1) is 19.3 Å². The number of aliphatic imine (C=N–C) groups is 2. The first-order valence-corrected chi connectivity index (χ1v) is 8.26. The van der Waals surface area contributed by atoms with Crippen molar-refractivity contribution < 1.29 is 13.5 Å². The zero-order valence-electron chi connectivity index (χ0n) is 14.8. The van der Waals surface area contributed by atoms with Crippen LogP contribution in [0.1, 0.15) is 25.8 Å². The van der Waals surface area contributed by atoms with Crippen LogP contribution in [0.25, 0.3) is 5.57 Å². The molecule has 0 amide bonds. The van der Waals surface area contributed by atoms with Gasteiger partial charge in [0.15, 0.2) is 0 Å². The molecule has 2 bridgehead atoms. The molecule has 3 heterocycles. The molecule has 0 radical (unpaired) electrons. The molecule has 0 saturated heterocycles. The molecule has 1 aromatic heterocycles. The van der Waals surface area contributed by atoms with Crippen LogP contribution in [0.5, 0.6) is 0 Å². The van der Waals surface area contributed by atoms with Crippen LogP contribution >= 0.6 is 0 Å². The Balaban J connectivity index is 1.88. The van der Waals surface area contributed by atoms with Gasteiger partial charge in [-0.15, -0.1) is 0 Å². The number of hydrogen-bond acceptors (Lipinski definition) is 5. The fourth-order valence-corrected chi connectivity index (χ4v) is 2.75. The van der Waals surface area contributed by atoms with Crippen LogP contribution < -0.4 is 5.32 Å². The average Bonchev–Trinajstić information content (AvgIpc) is 2.78. The summed E-state index contributed by atoms with van der Waals surface area (Å²) in [5, 5.41) is 3.21. The number of halogens is 2. The molecule has 5 nitrogen and oxygen atoms in total. The number of fused-ring (bicyclic) bond motifs is 2. The zero-order chi connectivity index (χ0) is 18.7. The Morgan fingerprint density at radius 1 is 1.31 bits per heavy atom. The maximum Gasteiger partial charge on any atom is 0.210 e. The molecule has 26 heavy (non-hydrogen) atoms. The number of aromatic nitrogens is 1. The Hall–Kier alpha value is -2.83. The normalized spacial score (nSPS) is 23.3. The maximum atomic E-state index is 14.7. The van der Waals surface area contributed by atoms with Gasteiger partial charge in [0.2, 0.25) is 5.90 Å². The Morgan fingerprint density at radius 2 is 2.12 bits per heavy atom. The summed E-state index contributed by atoms with van der Waals surface area (Å²) in [7, 11) is 1.55. The van der Waals surface area contributed by atoms with E-state index in [-0.39, 0.29) is 12.2 Å². The van der Waals surface area contributed by atoms with E-state index in [1.807, 2.05) is 6.08 Å². The molecule has 3 rings (SSSR count). The minimum absolute atomic E-state index is 0.00384. The summed E-state index contributed by atoms with van der Waals surface area (Å²) in [6.45, 7) is 3.36. The molecule has 0 saturated carbocycles. The van der Waals surface area contributed by atoms with Gasteiger partial charge < -0.3 is 10.1 Å². The van der Waals surface area contributed by atoms with Crippen molar-refractivity contribution in [2.24, 2.45) is 9.98 Å². The topological polar surface area (TPSA) is 58.9 Å². The first-order chi connectivity index (χ1) is 12.5. The number of methoxy groups -OCH3 is 1. The van der Waals surface area contributed by atoms with Crippen LogP contribution in [-0.4, -0.2) is 36.0 Å². The van der Waals surface area contributed by atoms with Gasteiger partial charge in [-0.1, -0.05) is 6.08 Å². The third-order valence-corrected chi connectivity index (χ3v) is 4.24. The first kappa shape index (κ1) is 18.0. The third kappa shape index (κ3) is 4.04. The van der Waals surface area contributed by atoms with E-state index < -0.39 is 11.6 Å². The van der Waals surface area contributed by atoms with E-state index in [1.54, 1.807) is 27.0 Å². The molecule has 0 aliphatic carbocycles. The van der Waals surface area contributed by atoms with Crippen LogP contribution in [0.4, 0.5) is 8.78 Å². The smallest absolute Gasteiger partial charge is 0.210 e. The predicted molar refractivity (Wildman–Crippen MR) is 98.0 cm³/mol. The quantitative estimate of drug-likeness (QED) is 0.841. The standard InChI is InChI=1S/C19H20F2N4O/c1-11(13-7-14(20)10-22-9-13)6-16(21)12(2)19-23-15-4-5-18(26-3)24-17(8-15)25-19/h4-7,9-10,15,17H,8H2,1-3H3,(H,23,25)/b11-6+,16-12-. The molecule has 1 aromatic rings. The lowest BCUT2D eigenvalue weighted by atomic mass is 10.1. The van der Waals surface area contributed by atoms with E-state index in [0.29, 0.717) is 34.9 Å². The van der Waals surface area contributed by atoms with Crippen molar-refractivity contribution >= 4 is 17.3 Å². The van der Waals surface area contributed by atoms with Gasteiger partial charge in [-0.25, -0.2) is 18.8 Å². The summed E-state index contributed by atoms with van der Waals surface area (Å²) in [5.41, 5.74) is 1.47. The highest BCUT2D eigenvalue weighted by atomic mass is 19.1. The van der Waals surface area contributed by atoms with Crippen molar-refractivity contribution in [3.63, 3.8) is 0 Å². The van der Waals surface area contributed by atoms with Crippen LogP contribution in [0.2, 0.25) is 0 Å². The van der Waals surface area contributed by atoms with Crippen molar-refractivity contribution in [3.05, 3.63) is 59.5 Å². The van der Waals surface area contributed by atoms with Crippen molar-refractivity contribution in [1.82, 2.24) is 10.3 Å². The lowest BCUT2D eigenvalue weighted by molar-refractivity contribution is 0.400. The Kier molecular flexibility index (Phi) is 5.25. The highest BCUT2D eigenvalue weighted by Gasteiger charge is 2.25. The highest BCUT2D eigenvalue weighted by molar-refractivity contribution is 6.00. The van der Waals surface area contributed by atoms with Gasteiger partial charge in [0.1, 0.15) is 23.6 Å². The number of allylic oxidation sites excluding steroid dienone is 3. The van der Waals surface area contributed by atoms with Crippen LogP contribution in [0.15, 0.2) is 58.1 Å². The molecule has 2 aliphatic rings. The number of nitrogens with zero attached hydrogens (tertiary/aromatic N) is 3. The van der Waals surface area contributed by atoms with Crippen molar-refractivity contribution in [2.45, 2.75) is 32.5 Å². The van der Waals surface area contributed by atoms with E-state index in [2.05, 4.69) is 20.3 Å². The summed E-state index contributed by atoms with van der Waals surface area (Å²) in [6, 6.07) is 1.32. The fourth-order valence-electron chi connectivity index (χ4n) is 2.75. The van der Waals surface area contributed by atoms with Gasteiger partial charge in [-0.05, 0) is 43.2 Å². The second kappa shape index (κ2) is 7.59. The number of rotatable bonds is 3. The second-order valence-electron chi connectivity index (χ2n) is 6.17. The minimum atomic E-state index is -0.461. The number of nitrogens with one attached hydrogen (secondary N) is 1. The second-order valence-corrected chi connectivity index (χ2v) is 6.17. The molecule has 0 aromatic carbocycles. The number of hydrogen-bond donors (Lipinski definition) is 1. The van der Waals surface area contributed by atoms with E-state index in [1.165, 1.54) is 18.3 Å². The lowest BCUT2D eigenvalue weighted by Crippen LogP contribution is -2.40. The molecular weight excluding hydrogens is 338 g/mol. The monoisotopic (exact) mass is 358 g/mol. The van der Waals surface area contributed by atoms with Gasteiger partial charge in [-0.3, -0.25) is 4.98 Å². The largest absolute Gasteiger partial charge is 0.481 e. The van der Waals surface area contributed by atoms with Crippen molar-refractivity contribution in [3.8, 4) is 0 Å². The average molecular weight is 358 g/mol. The van der Waals surface area contributed by atoms with Gasteiger partial charge >= 0.3 is 0 Å². The Labute approximate surface area is 150 Å². The predicted octanol–water partition coefficient (Wildman–Crippen LogP) is 3.57. The first-order valence-electron chi connectivity index (χ1n) is 8.26. The lowest BCUT2D eigenvalue weighted by Gasteiger charge is -2.25. The number of amidine groups is 1. The number of pyridine rings is 1. The van der Waals surface area contributed by atoms with Gasteiger partial charge in [-0.2, -0.15) is 0 Å². The van der Waals surface area contributed by atoms with Crippen LogP contribution in [-0.2, 0) is 4.74 Å². The molecule has 0 spiro atoms. The number of ether oxygens (including phenoxy) is 1. The van der Waals surface area contributed by atoms with Crippen molar-refractivity contribution in [2.75, 3.05) is 7.11 Å². The SMILES string of the molecule is COC1=NC2CC(C=C1)NC(/C(C)=C(F)/C=C(\C)c1cncc(F)c1)=N2. The summed E-state index contributed by atoms with van der Waals surface area (Å²) in [5.74, 6) is 0.0469. The molecule has 2 atom stereocenters. The molecule has 1 N–H and O–H groups in total. The molecule has 7 heteroatoms. The Morgan fingerprint density at radius 3 is 2.85 bits per heavy atom. The molecule has 2 unspecified atom stereocenters. The summed E-state index contributed by atoms with van der Waals surface area (Å²) >= 11 is 0. The van der Waals surface area contributed by atoms with Gasteiger partial charge in [0, 0.05) is 18.2 Å². The van der Waals surface area contributed by atoms with E-state index in [9.17, 15) is 8.78 Å². The fraction of sp³-hybridized carbons (Fsp3) is 0.316. The molecule has 2 aliphatic heterocycles. The van der Waals surface area contributed by atoms with Gasteiger partial charge in [0.25, 0.3) is 0 Å². The highest BCUT2D eigenvalue weighted by Crippen LogP contribution is 2.22. The molecule has 136 valence electrons. The molecule has 0 fully saturated rings. The van der Waals surface area contributed by atoms with E-state index in [0.717, 1.165) is 6.20 Å². The summed E-state index contributed by atoms with van der Waals surface area (Å²) in [6.07, 6.45) is 8.04. The summed E-state index contributed by atoms with van der Waals surface area (Å²) in [4.78, 5) is 12.7. The summed E-state index contributed by atoms with van der Waals surface area (Å²) < 4.78 is 33.2. The van der Waals surface area contributed by atoms with Crippen LogP contribution in [0.3, 0.4) is 0 Å². The Bertz CT molecular complexity index is 855. The van der Waals surface area contributed by atoms with E-state index >= 15 is 0 Å². The third-order valence-electron chi connectivity index (χ3n) is 4.24. The molecular formula is C19H20F2N4O. The minimum Gasteiger partial charge on any atom is -0.481 e. The maximum absolute atomic E-state index is 14.7. The van der Waals surface area contributed by atoms with Crippen LogP contribution in [0, 0.1) is 5.82 Å². The van der Waals surface area contributed by atoms with Crippen molar-refractivity contribution in [1.29, 1.82) is 0 Å². The zero-order valence-corrected chi connectivity index (χ0v) is 14.8. The van der Waals surface area contributed by atoms with E-state index in [4.69, 9.17) is 4.74 Å².